The highest BCUT2D eigenvalue weighted by Gasteiger charge is 2.47. The van der Waals surface area contributed by atoms with E-state index in [9.17, 15) is 9.59 Å². The van der Waals surface area contributed by atoms with Crippen LogP contribution in [0.2, 0.25) is 0 Å². The van der Waals surface area contributed by atoms with E-state index in [1.54, 1.807) is 13.0 Å². The lowest BCUT2D eigenvalue weighted by Crippen LogP contribution is -2.11. The summed E-state index contributed by atoms with van der Waals surface area (Å²) in [7, 11) is 0. The van der Waals surface area contributed by atoms with E-state index >= 15 is 0 Å². The summed E-state index contributed by atoms with van der Waals surface area (Å²) in [5.41, 5.74) is 5.72. The van der Waals surface area contributed by atoms with Crippen LogP contribution in [0, 0.1) is 19.8 Å². The third-order valence-electron chi connectivity index (χ3n) is 5.10. The van der Waals surface area contributed by atoms with E-state index in [-0.39, 0.29) is 18.0 Å². The first-order chi connectivity index (χ1) is 11.5. The second-order valence-electron chi connectivity index (χ2n) is 6.55. The average molecular weight is 326 g/mol. The number of esters is 2. The van der Waals surface area contributed by atoms with E-state index in [2.05, 4.69) is 26.0 Å². The van der Waals surface area contributed by atoms with Gasteiger partial charge in [-0.3, -0.25) is 0 Å². The maximum atomic E-state index is 12.2. The number of ether oxygens (including phenoxy) is 3. The summed E-state index contributed by atoms with van der Waals surface area (Å²) in [5, 5.41) is 0. The molecule has 0 N–H and O–H groups in total. The van der Waals surface area contributed by atoms with Gasteiger partial charge in [0.15, 0.2) is 0 Å². The Hall–Kier alpha value is -2.56. The highest BCUT2D eigenvalue weighted by atomic mass is 16.7. The van der Waals surface area contributed by atoms with Gasteiger partial charge in [-0.05, 0) is 49.4 Å². The molecule has 0 unspecified atom stereocenters. The Balaban J connectivity index is 1.59. The van der Waals surface area contributed by atoms with Crippen molar-refractivity contribution in [2.24, 2.45) is 5.92 Å². The Morgan fingerprint density at radius 3 is 2.62 bits per heavy atom. The van der Waals surface area contributed by atoms with Crippen molar-refractivity contribution in [1.82, 2.24) is 0 Å². The maximum absolute atomic E-state index is 12.2. The number of benzene rings is 1. The fraction of sp³-hybridized carbons (Fsp3) is 0.368. The molecule has 5 nitrogen and oxygen atoms in total. The fourth-order valence-electron chi connectivity index (χ4n) is 3.61. The van der Waals surface area contributed by atoms with Gasteiger partial charge in [0.25, 0.3) is 6.29 Å². The van der Waals surface area contributed by atoms with E-state index in [0.717, 1.165) is 12.0 Å². The van der Waals surface area contributed by atoms with Crippen molar-refractivity contribution < 1.29 is 23.8 Å². The standard InChI is InChI=1S/C19H18O5/c1-9-4-5-12-7-13-14(8-22-15-6-10(2)18(20)23-15)19(21)24-17(13)16(12)11(9)3/h4-6,8,13,15,17H,7H2,1-3H3/b14-8+/t13-,15-,17+/m0/s1. The first-order valence-electron chi connectivity index (χ1n) is 8.00. The first kappa shape index (κ1) is 15.0. The van der Waals surface area contributed by atoms with Crippen LogP contribution in [0.25, 0.3) is 0 Å². The van der Waals surface area contributed by atoms with Gasteiger partial charge in [0.2, 0.25) is 0 Å². The molecule has 1 fully saturated rings. The molecule has 4 rings (SSSR count). The Morgan fingerprint density at radius 2 is 1.92 bits per heavy atom. The Kier molecular flexibility index (Phi) is 3.27. The van der Waals surface area contributed by atoms with E-state index in [1.807, 2.05) is 0 Å². The van der Waals surface area contributed by atoms with Crippen LogP contribution in [0.5, 0.6) is 0 Å². The molecule has 0 spiro atoms. The molecule has 0 saturated carbocycles. The molecular weight excluding hydrogens is 308 g/mol. The molecule has 2 heterocycles. The Morgan fingerprint density at radius 1 is 1.12 bits per heavy atom. The van der Waals surface area contributed by atoms with Crippen LogP contribution in [0.1, 0.15) is 35.3 Å². The van der Waals surface area contributed by atoms with Crippen molar-refractivity contribution in [2.75, 3.05) is 0 Å². The number of aryl methyl sites for hydroxylation is 1. The Labute approximate surface area is 139 Å². The van der Waals surface area contributed by atoms with Gasteiger partial charge in [0.1, 0.15) is 6.10 Å². The average Bonchev–Trinajstić information content (AvgIpc) is 3.14. The fourth-order valence-corrected chi connectivity index (χ4v) is 3.61. The molecule has 24 heavy (non-hydrogen) atoms. The zero-order chi connectivity index (χ0) is 17.0. The molecule has 3 aliphatic rings. The van der Waals surface area contributed by atoms with Crippen LogP contribution in [0.3, 0.4) is 0 Å². The van der Waals surface area contributed by atoms with Crippen LogP contribution in [0.4, 0.5) is 0 Å². The summed E-state index contributed by atoms with van der Waals surface area (Å²) in [6.07, 6.45) is 2.72. The van der Waals surface area contributed by atoms with Gasteiger partial charge >= 0.3 is 11.9 Å². The first-order valence-corrected chi connectivity index (χ1v) is 8.00. The second kappa shape index (κ2) is 5.23. The summed E-state index contributed by atoms with van der Waals surface area (Å²) in [4.78, 5) is 23.6. The zero-order valence-corrected chi connectivity index (χ0v) is 13.8. The molecule has 2 aliphatic heterocycles. The quantitative estimate of drug-likeness (QED) is 0.475. The molecule has 124 valence electrons. The highest BCUT2D eigenvalue weighted by Crippen LogP contribution is 2.49. The van der Waals surface area contributed by atoms with Crippen LogP contribution in [0.15, 0.2) is 35.6 Å². The minimum Gasteiger partial charge on any atom is -0.458 e. The zero-order valence-electron chi connectivity index (χ0n) is 13.8. The smallest absolute Gasteiger partial charge is 0.338 e. The van der Waals surface area contributed by atoms with Crippen LogP contribution < -0.4 is 0 Å². The number of fused-ring (bicyclic) bond motifs is 3. The van der Waals surface area contributed by atoms with Crippen LogP contribution in [-0.2, 0) is 30.2 Å². The van der Waals surface area contributed by atoms with E-state index in [1.165, 1.54) is 23.0 Å². The predicted molar refractivity (Wildman–Crippen MR) is 84.7 cm³/mol. The van der Waals surface area contributed by atoms with Gasteiger partial charge < -0.3 is 14.2 Å². The SMILES string of the molecule is CC1=C[C@@H](O/C=C2/C(=O)O[C@H]3c4c(ccc(C)c4C)C[C@@H]23)OC1=O. The molecular formula is C19H18O5. The van der Waals surface area contributed by atoms with Gasteiger partial charge in [0.05, 0.1) is 11.8 Å². The van der Waals surface area contributed by atoms with Crippen molar-refractivity contribution in [3.05, 3.63) is 57.9 Å². The van der Waals surface area contributed by atoms with Gasteiger partial charge in [-0.1, -0.05) is 12.1 Å². The molecule has 0 bridgehead atoms. The van der Waals surface area contributed by atoms with Crippen molar-refractivity contribution >= 4 is 11.9 Å². The number of carbonyl (C=O) groups is 2. The second-order valence-corrected chi connectivity index (χ2v) is 6.55. The summed E-state index contributed by atoms with van der Waals surface area (Å²) in [6.45, 7) is 5.79. The van der Waals surface area contributed by atoms with Gasteiger partial charge in [-0.2, -0.15) is 0 Å². The normalized spacial score (nSPS) is 29.2. The third-order valence-corrected chi connectivity index (χ3v) is 5.10. The predicted octanol–water partition coefficient (Wildman–Crippen LogP) is 2.80. The molecule has 1 saturated heterocycles. The number of hydrogen-bond acceptors (Lipinski definition) is 5. The van der Waals surface area contributed by atoms with E-state index < -0.39 is 12.3 Å². The molecule has 5 heteroatoms. The number of rotatable bonds is 2. The van der Waals surface area contributed by atoms with Crippen molar-refractivity contribution in [2.45, 2.75) is 39.6 Å². The monoisotopic (exact) mass is 326 g/mol. The highest BCUT2D eigenvalue weighted by molar-refractivity contribution is 5.92. The summed E-state index contributed by atoms with van der Waals surface area (Å²) in [5.74, 6) is -0.804. The van der Waals surface area contributed by atoms with Crippen molar-refractivity contribution in [1.29, 1.82) is 0 Å². The largest absolute Gasteiger partial charge is 0.458 e. The van der Waals surface area contributed by atoms with Crippen LogP contribution >= 0.6 is 0 Å². The molecule has 0 radical (unpaired) electrons. The lowest BCUT2D eigenvalue weighted by Gasteiger charge is -2.13. The lowest BCUT2D eigenvalue weighted by atomic mass is 9.96. The maximum Gasteiger partial charge on any atom is 0.338 e. The summed E-state index contributed by atoms with van der Waals surface area (Å²) >= 11 is 0. The molecule has 1 aliphatic carbocycles. The molecule has 0 aromatic heterocycles. The van der Waals surface area contributed by atoms with Gasteiger partial charge in [-0.25, -0.2) is 9.59 Å². The van der Waals surface area contributed by atoms with E-state index in [4.69, 9.17) is 14.2 Å². The molecule has 0 amide bonds. The number of carbonyl (C=O) groups excluding carboxylic acids is 2. The lowest BCUT2D eigenvalue weighted by molar-refractivity contribution is -0.152. The number of hydrogen-bond donors (Lipinski definition) is 0. The summed E-state index contributed by atoms with van der Waals surface area (Å²) in [6, 6.07) is 4.20. The van der Waals surface area contributed by atoms with Crippen LogP contribution in [-0.4, -0.2) is 18.2 Å². The minimum atomic E-state index is -0.774. The van der Waals surface area contributed by atoms with Gasteiger partial charge in [-0.15, -0.1) is 0 Å². The minimum absolute atomic E-state index is 0.0461. The topological polar surface area (TPSA) is 61.8 Å². The molecule has 1 aromatic rings. The third kappa shape index (κ3) is 2.15. The molecule has 1 aromatic carbocycles. The molecule has 3 atom stereocenters. The van der Waals surface area contributed by atoms with Crippen molar-refractivity contribution in [3.8, 4) is 0 Å². The summed E-state index contributed by atoms with van der Waals surface area (Å²) < 4.78 is 16.1. The van der Waals surface area contributed by atoms with Crippen molar-refractivity contribution in [3.63, 3.8) is 0 Å². The number of cyclic esters (lactones) is 1. The van der Waals surface area contributed by atoms with Gasteiger partial charge in [0, 0.05) is 17.6 Å². The van der Waals surface area contributed by atoms with E-state index in [0.29, 0.717) is 11.1 Å². The Bertz CT molecular complexity index is 817.